The van der Waals surface area contributed by atoms with Crippen LogP contribution in [0.3, 0.4) is 0 Å². The largest absolute Gasteiger partial charge is 0.490 e. The molecule has 0 unspecified atom stereocenters. The van der Waals surface area contributed by atoms with Gasteiger partial charge in [-0.25, -0.2) is 0 Å². The van der Waals surface area contributed by atoms with Crippen molar-refractivity contribution < 1.29 is 14.3 Å². The van der Waals surface area contributed by atoms with E-state index in [2.05, 4.69) is 0 Å². The smallest absolute Gasteiger partial charge is 0.277 e. The first kappa shape index (κ1) is 24.8. The molecule has 0 N–H and O–H groups in total. The maximum atomic E-state index is 13.3. The number of carbonyl (C=O) groups is 1. The molecule has 34 heavy (non-hydrogen) atoms. The summed E-state index contributed by atoms with van der Waals surface area (Å²) in [6, 6.07) is 11.1. The number of carbonyl (C=O) groups excluding carboxylic acids is 1. The van der Waals surface area contributed by atoms with Crippen molar-refractivity contribution in [3.63, 3.8) is 0 Å². The zero-order valence-corrected chi connectivity index (χ0v) is 21.7. The topological polar surface area (TPSA) is 42.0 Å². The molecule has 0 radical (unpaired) electrons. The second-order valence-corrected chi connectivity index (χ2v) is 9.71. The van der Waals surface area contributed by atoms with Gasteiger partial charge in [0.1, 0.15) is 12.3 Å². The molecule has 1 heterocycles. The van der Waals surface area contributed by atoms with Crippen LogP contribution >= 0.6 is 35.4 Å². The number of hydrogen-bond donors (Lipinski definition) is 0. The van der Waals surface area contributed by atoms with Crippen LogP contribution in [0.4, 0.5) is 0 Å². The number of nitrogens with zero attached hydrogens (tertiary/aromatic N) is 2. The van der Waals surface area contributed by atoms with Crippen LogP contribution in [0.5, 0.6) is 11.5 Å². The van der Waals surface area contributed by atoms with Crippen molar-refractivity contribution in [2.24, 2.45) is 0 Å². The summed E-state index contributed by atoms with van der Waals surface area (Å²) < 4.78 is 11.8. The summed E-state index contributed by atoms with van der Waals surface area (Å²) in [6.45, 7) is 2.68. The van der Waals surface area contributed by atoms with E-state index < -0.39 is 0 Å². The Hall–Kier alpha value is -2.28. The van der Waals surface area contributed by atoms with Gasteiger partial charge in [0.2, 0.25) is 0 Å². The minimum absolute atomic E-state index is 0.0323. The van der Waals surface area contributed by atoms with Crippen molar-refractivity contribution in [1.82, 2.24) is 9.80 Å². The lowest BCUT2D eigenvalue weighted by atomic mass is 9.94. The zero-order chi connectivity index (χ0) is 24.2. The van der Waals surface area contributed by atoms with Gasteiger partial charge in [-0.1, -0.05) is 54.6 Å². The van der Waals surface area contributed by atoms with Crippen LogP contribution in [0, 0.1) is 0 Å². The molecule has 1 aliphatic carbocycles. The predicted octanol–water partition coefficient (Wildman–Crippen LogP) is 6.70. The molecule has 2 fully saturated rings. The van der Waals surface area contributed by atoms with Crippen LogP contribution in [0.15, 0.2) is 42.1 Å². The highest BCUT2D eigenvalue weighted by atomic mass is 35.5. The molecule has 8 heteroatoms. The molecule has 2 aromatic rings. The first-order chi connectivity index (χ1) is 16.4. The molecule has 0 spiro atoms. The Bertz CT molecular complexity index is 1120. The summed E-state index contributed by atoms with van der Waals surface area (Å²) in [5, 5.41) is 1.70. The van der Waals surface area contributed by atoms with E-state index in [0.29, 0.717) is 39.0 Å². The zero-order valence-electron chi connectivity index (χ0n) is 19.4. The van der Waals surface area contributed by atoms with Gasteiger partial charge in [-0.05, 0) is 67.9 Å². The molecule has 2 aromatic carbocycles. The van der Waals surface area contributed by atoms with Gasteiger partial charge in [0.15, 0.2) is 16.6 Å². The fraction of sp³-hybridized carbons (Fsp3) is 0.385. The first-order valence-electron chi connectivity index (χ1n) is 11.6. The SMILES string of the molecule is CCOc1cc(/C=C2/C(=O)N(C3CCCCC3)C(=S)N2C)ccc1OCc1ccc(Cl)cc1Cl. The lowest BCUT2D eigenvalue weighted by molar-refractivity contribution is -0.124. The Morgan fingerprint density at radius 3 is 2.53 bits per heavy atom. The van der Waals surface area contributed by atoms with Gasteiger partial charge in [0, 0.05) is 28.7 Å². The summed E-state index contributed by atoms with van der Waals surface area (Å²) in [4.78, 5) is 16.9. The van der Waals surface area contributed by atoms with Gasteiger partial charge in [0.25, 0.3) is 5.91 Å². The molecular formula is C26H28Cl2N2O3S. The Kier molecular flexibility index (Phi) is 8.02. The molecule has 0 bridgehead atoms. The number of benzene rings is 2. The molecule has 0 atom stereocenters. The van der Waals surface area contributed by atoms with E-state index in [1.54, 1.807) is 21.9 Å². The van der Waals surface area contributed by atoms with Crippen molar-refractivity contribution in [2.45, 2.75) is 51.7 Å². The van der Waals surface area contributed by atoms with Crippen molar-refractivity contribution in [3.8, 4) is 11.5 Å². The van der Waals surface area contributed by atoms with Crippen LogP contribution in [-0.4, -0.2) is 40.5 Å². The number of likely N-dealkylation sites (N-methyl/N-ethyl adjacent to an activating group) is 1. The summed E-state index contributed by atoms with van der Waals surface area (Å²) in [6.07, 6.45) is 7.37. The summed E-state index contributed by atoms with van der Waals surface area (Å²) in [5.41, 5.74) is 2.23. The molecule has 180 valence electrons. The van der Waals surface area contributed by atoms with Gasteiger partial charge < -0.3 is 14.4 Å². The molecule has 1 amide bonds. The second-order valence-electron chi connectivity index (χ2n) is 8.50. The van der Waals surface area contributed by atoms with Gasteiger partial charge in [0.05, 0.1) is 6.61 Å². The molecular weight excluding hydrogens is 491 g/mol. The number of halogens is 2. The van der Waals surface area contributed by atoms with E-state index in [9.17, 15) is 4.79 Å². The van der Waals surface area contributed by atoms with Crippen molar-refractivity contribution in [2.75, 3.05) is 13.7 Å². The molecule has 1 aliphatic heterocycles. The van der Waals surface area contributed by atoms with Gasteiger partial charge in [-0.15, -0.1) is 0 Å². The van der Waals surface area contributed by atoms with Crippen LogP contribution in [-0.2, 0) is 11.4 Å². The number of hydrogen-bond acceptors (Lipinski definition) is 4. The number of amides is 1. The van der Waals surface area contributed by atoms with E-state index in [4.69, 9.17) is 44.9 Å². The lowest BCUT2D eigenvalue weighted by Crippen LogP contribution is -2.41. The maximum absolute atomic E-state index is 13.3. The van der Waals surface area contributed by atoms with E-state index >= 15 is 0 Å². The van der Waals surface area contributed by atoms with Crippen molar-refractivity contribution >= 4 is 52.5 Å². The molecule has 0 aromatic heterocycles. The van der Waals surface area contributed by atoms with Crippen molar-refractivity contribution in [1.29, 1.82) is 0 Å². The standard InChI is InChI=1S/C26H28Cl2N2O3S/c1-3-32-24-14-17(9-12-23(24)33-16-18-10-11-19(27)15-21(18)28)13-22-25(31)30(26(34)29(22)2)20-7-5-4-6-8-20/h9-15,20H,3-8,16H2,1-2H3/b22-13-. The first-order valence-corrected chi connectivity index (χ1v) is 12.7. The Morgan fingerprint density at radius 1 is 1.06 bits per heavy atom. The third-order valence-electron chi connectivity index (χ3n) is 6.20. The predicted molar refractivity (Wildman–Crippen MR) is 140 cm³/mol. The molecule has 4 rings (SSSR count). The molecule has 1 saturated carbocycles. The van der Waals surface area contributed by atoms with Crippen LogP contribution in [0.1, 0.15) is 50.2 Å². The Labute approximate surface area is 216 Å². The van der Waals surface area contributed by atoms with Crippen LogP contribution in [0.25, 0.3) is 6.08 Å². The van der Waals surface area contributed by atoms with E-state index in [1.165, 1.54) is 6.42 Å². The second kappa shape index (κ2) is 11.0. The lowest BCUT2D eigenvalue weighted by Gasteiger charge is -2.30. The molecule has 2 aliphatic rings. The summed E-state index contributed by atoms with van der Waals surface area (Å²) in [7, 11) is 1.85. The van der Waals surface area contributed by atoms with E-state index in [0.717, 1.165) is 36.8 Å². The van der Waals surface area contributed by atoms with E-state index in [-0.39, 0.29) is 18.6 Å². The van der Waals surface area contributed by atoms with Crippen molar-refractivity contribution in [3.05, 3.63) is 63.3 Å². The van der Waals surface area contributed by atoms with E-state index in [1.807, 2.05) is 44.3 Å². The summed E-state index contributed by atoms with van der Waals surface area (Å²) >= 11 is 17.9. The minimum atomic E-state index is -0.0323. The fourth-order valence-electron chi connectivity index (χ4n) is 4.39. The highest BCUT2D eigenvalue weighted by molar-refractivity contribution is 7.80. The van der Waals surface area contributed by atoms with Gasteiger partial charge in [-0.3, -0.25) is 9.69 Å². The number of ether oxygens (including phenoxy) is 2. The quantitative estimate of drug-likeness (QED) is 0.301. The van der Waals surface area contributed by atoms with Gasteiger partial charge >= 0.3 is 0 Å². The average Bonchev–Trinajstić information content (AvgIpc) is 3.03. The Balaban J connectivity index is 1.55. The Morgan fingerprint density at radius 2 is 1.82 bits per heavy atom. The maximum Gasteiger partial charge on any atom is 0.277 e. The highest BCUT2D eigenvalue weighted by Gasteiger charge is 2.40. The number of thiocarbonyl (C=S) groups is 1. The molecule has 1 saturated heterocycles. The average molecular weight is 519 g/mol. The third-order valence-corrected chi connectivity index (χ3v) is 7.26. The summed E-state index contributed by atoms with van der Waals surface area (Å²) in [5.74, 6) is 1.16. The monoisotopic (exact) mass is 518 g/mol. The normalized spacial score (nSPS) is 18.2. The fourth-order valence-corrected chi connectivity index (χ4v) is 5.19. The minimum Gasteiger partial charge on any atom is -0.490 e. The third kappa shape index (κ3) is 5.35. The van der Waals surface area contributed by atoms with Crippen LogP contribution in [0.2, 0.25) is 10.0 Å². The molecule has 5 nitrogen and oxygen atoms in total. The highest BCUT2D eigenvalue weighted by Crippen LogP contribution is 2.34. The van der Waals surface area contributed by atoms with Gasteiger partial charge in [-0.2, -0.15) is 0 Å². The number of rotatable bonds is 7. The van der Waals surface area contributed by atoms with Crippen LogP contribution < -0.4 is 9.47 Å².